The van der Waals surface area contributed by atoms with E-state index < -0.39 is 5.97 Å². The van der Waals surface area contributed by atoms with Gasteiger partial charge in [0.25, 0.3) is 0 Å². The van der Waals surface area contributed by atoms with E-state index in [1.165, 1.54) is 7.11 Å². The van der Waals surface area contributed by atoms with Crippen molar-refractivity contribution in [3.8, 4) is 5.69 Å². The van der Waals surface area contributed by atoms with Gasteiger partial charge < -0.3 is 4.74 Å². The van der Waals surface area contributed by atoms with Gasteiger partial charge in [-0.3, -0.25) is 4.79 Å². The summed E-state index contributed by atoms with van der Waals surface area (Å²) in [5, 5.41) is 4.35. The molecule has 0 amide bonds. The molecule has 0 atom stereocenters. The van der Waals surface area contributed by atoms with E-state index in [1.54, 1.807) is 4.68 Å². The molecule has 5 nitrogen and oxygen atoms in total. The Morgan fingerprint density at radius 2 is 1.90 bits per heavy atom. The molecule has 0 aliphatic heterocycles. The lowest BCUT2D eigenvalue weighted by Crippen LogP contribution is -2.09. The van der Waals surface area contributed by atoms with Crippen molar-refractivity contribution in [1.82, 2.24) is 9.78 Å². The van der Waals surface area contributed by atoms with Crippen LogP contribution >= 0.6 is 0 Å². The third-order valence-electron chi connectivity index (χ3n) is 3.71. The molecule has 108 valence electrons. The summed E-state index contributed by atoms with van der Waals surface area (Å²) >= 11 is 0. The number of aromatic nitrogens is 2. The average molecular weight is 284 g/mol. The van der Waals surface area contributed by atoms with Crippen LogP contribution in [0.4, 0.5) is 0 Å². The molecule has 0 fully saturated rings. The van der Waals surface area contributed by atoms with Crippen molar-refractivity contribution in [1.29, 1.82) is 0 Å². The van der Waals surface area contributed by atoms with Gasteiger partial charge in [-0.25, -0.2) is 9.48 Å². The van der Waals surface area contributed by atoms with Gasteiger partial charge in [-0.2, -0.15) is 5.10 Å². The fourth-order valence-corrected chi connectivity index (χ4v) is 2.70. The van der Waals surface area contributed by atoms with E-state index in [4.69, 9.17) is 4.74 Å². The zero-order chi connectivity index (χ0) is 14.8. The number of hydrogen-bond acceptors (Lipinski definition) is 4. The Morgan fingerprint density at radius 1 is 1.19 bits per heavy atom. The molecular weight excluding hydrogens is 268 g/mol. The number of nitrogens with zero attached hydrogens (tertiary/aromatic N) is 2. The van der Waals surface area contributed by atoms with Gasteiger partial charge in [0, 0.05) is 12.0 Å². The zero-order valence-corrected chi connectivity index (χ0v) is 11.8. The predicted molar refractivity (Wildman–Crippen MR) is 76.8 cm³/mol. The van der Waals surface area contributed by atoms with Gasteiger partial charge in [0.1, 0.15) is 5.69 Å². The normalized spacial score (nSPS) is 14.4. The number of esters is 1. The Kier molecular flexibility index (Phi) is 3.56. The molecule has 0 bridgehead atoms. The quantitative estimate of drug-likeness (QED) is 0.628. The van der Waals surface area contributed by atoms with Gasteiger partial charge in [0.2, 0.25) is 0 Å². The molecule has 0 saturated heterocycles. The van der Waals surface area contributed by atoms with Gasteiger partial charge in [0.15, 0.2) is 11.5 Å². The van der Waals surface area contributed by atoms with Crippen molar-refractivity contribution in [2.45, 2.75) is 25.7 Å². The summed E-state index contributed by atoms with van der Waals surface area (Å²) in [4.78, 5) is 24.4. The molecule has 2 aromatic rings. The number of hydrogen-bond donors (Lipinski definition) is 0. The standard InChI is InChI=1S/C16H16N2O3/c1-21-16(20)14-12-9-5-6-10-13(19)15(12)18(17-14)11-7-3-2-4-8-11/h2-4,7-8H,5-6,9-10H2,1H3. The highest BCUT2D eigenvalue weighted by Crippen LogP contribution is 2.26. The summed E-state index contributed by atoms with van der Waals surface area (Å²) in [6, 6.07) is 9.39. The van der Waals surface area contributed by atoms with E-state index in [-0.39, 0.29) is 11.5 Å². The Hall–Kier alpha value is -2.43. The van der Waals surface area contributed by atoms with Crippen LogP contribution in [0.1, 0.15) is 45.8 Å². The minimum atomic E-state index is -0.490. The van der Waals surface area contributed by atoms with Crippen LogP contribution in [-0.2, 0) is 11.2 Å². The largest absolute Gasteiger partial charge is 0.464 e. The third-order valence-corrected chi connectivity index (χ3v) is 3.71. The molecule has 21 heavy (non-hydrogen) atoms. The molecule has 0 N–H and O–H groups in total. The van der Waals surface area contributed by atoms with Gasteiger partial charge in [-0.15, -0.1) is 0 Å². The van der Waals surface area contributed by atoms with Crippen molar-refractivity contribution in [3.05, 3.63) is 47.3 Å². The molecule has 1 aliphatic carbocycles. The minimum absolute atomic E-state index is 0.0361. The monoisotopic (exact) mass is 284 g/mol. The summed E-state index contributed by atoms with van der Waals surface area (Å²) in [7, 11) is 1.33. The highest BCUT2D eigenvalue weighted by molar-refractivity contribution is 6.00. The molecule has 5 heteroatoms. The minimum Gasteiger partial charge on any atom is -0.464 e. The van der Waals surface area contributed by atoms with Crippen molar-refractivity contribution in [2.24, 2.45) is 0 Å². The lowest BCUT2D eigenvalue weighted by atomic mass is 10.1. The number of Topliss-reactive ketones (excluding diaryl/α,β-unsaturated/α-hetero) is 1. The molecule has 1 aliphatic rings. The Bertz CT molecular complexity index is 689. The third kappa shape index (κ3) is 2.35. The lowest BCUT2D eigenvalue weighted by Gasteiger charge is -2.06. The van der Waals surface area contributed by atoms with Gasteiger partial charge >= 0.3 is 5.97 Å². The molecule has 1 aromatic heterocycles. The van der Waals surface area contributed by atoms with E-state index >= 15 is 0 Å². The second-order valence-electron chi connectivity index (χ2n) is 5.04. The van der Waals surface area contributed by atoms with E-state index in [9.17, 15) is 9.59 Å². The summed E-state index contributed by atoms with van der Waals surface area (Å²) in [5.74, 6) is -0.454. The van der Waals surface area contributed by atoms with Crippen molar-refractivity contribution in [2.75, 3.05) is 7.11 Å². The van der Waals surface area contributed by atoms with Gasteiger partial charge in [-0.05, 0) is 31.4 Å². The van der Waals surface area contributed by atoms with Crippen LogP contribution in [0.15, 0.2) is 30.3 Å². The van der Waals surface area contributed by atoms with E-state index in [2.05, 4.69) is 5.10 Å². The number of benzene rings is 1. The fraction of sp³-hybridized carbons (Fsp3) is 0.312. The number of fused-ring (bicyclic) bond motifs is 1. The molecule has 0 saturated carbocycles. The first-order valence-electron chi connectivity index (χ1n) is 7.01. The highest BCUT2D eigenvalue weighted by Gasteiger charge is 2.29. The first-order valence-corrected chi connectivity index (χ1v) is 7.01. The lowest BCUT2D eigenvalue weighted by molar-refractivity contribution is 0.0592. The topological polar surface area (TPSA) is 61.2 Å². The second kappa shape index (κ2) is 5.52. The van der Waals surface area contributed by atoms with Crippen molar-refractivity contribution < 1.29 is 14.3 Å². The number of para-hydroxylation sites is 1. The summed E-state index contributed by atoms with van der Waals surface area (Å²) in [5.41, 5.74) is 2.28. The summed E-state index contributed by atoms with van der Waals surface area (Å²) < 4.78 is 6.38. The van der Waals surface area contributed by atoms with Crippen molar-refractivity contribution in [3.63, 3.8) is 0 Å². The van der Waals surface area contributed by atoms with Crippen LogP contribution in [0.25, 0.3) is 5.69 Å². The number of carbonyl (C=O) groups excluding carboxylic acids is 2. The van der Waals surface area contributed by atoms with Crippen LogP contribution in [0.2, 0.25) is 0 Å². The SMILES string of the molecule is COC(=O)c1nn(-c2ccccc2)c2c1CCCCC2=O. The van der Waals surface area contributed by atoms with Gasteiger partial charge in [-0.1, -0.05) is 18.2 Å². The molecule has 3 rings (SSSR count). The number of methoxy groups -OCH3 is 1. The maximum atomic E-state index is 12.4. The average Bonchev–Trinajstić information content (AvgIpc) is 2.81. The Morgan fingerprint density at radius 3 is 2.62 bits per heavy atom. The van der Waals surface area contributed by atoms with E-state index in [0.29, 0.717) is 24.1 Å². The fourth-order valence-electron chi connectivity index (χ4n) is 2.70. The number of ether oxygens (including phenoxy) is 1. The molecule has 1 aromatic carbocycles. The molecule has 0 spiro atoms. The highest BCUT2D eigenvalue weighted by atomic mass is 16.5. The second-order valence-corrected chi connectivity index (χ2v) is 5.04. The predicted octanol–water partition coefficient (Wildman–Crippen LogP) is 2.57. The summed E-state index contributed by atoms with van der Waals surface area (Å²) in [6.45, 7) is 0. The molecule has 0 radical (unpaired) electrons. The number of carbonyl (C=O) groups is 2. The first-order chi connectivity index (χ1) is 10.2. The molecular formula is C16H16N2O3. The number of rotatable bonds is 2. The Balaban J connectivity index is 2.23. The Labute approximate surface area is 122 Å². The van der Waals surface area contributed by atoms with Crippen LogP contribution in [0.5, 0.6) is 0 Å². The van der Waals surface area contributed by atoms with Gasteiger partial charge in [0.05, 0.1) is 12.8 Å². The van der Waals surface area contributed by atoms with Crippen molar-refractivity contribution >= 4 is 11.8 Å². The maximum Gasteiger partial charge on any atom is 0.358 e. The zero-order valence-electron chi connectivity index (χ0n) is 11.8. The summed E-state index contributed by atoms with van der Waals surface area (Å²) in [6.07, 6.45) is 2.89. The van der Waals surface area contributed by atoms with Crippen LogP contribution in [0, 0.1) is 0 Å². The van der Waals surface area contributed by atoms with Crippen LogP contribution in [0.3, 0.4) is 0 Å². The molecule has 0 unspecified atom stereocenters. The first kappa shape index (κ1) is 13.5. The number of ketones is 1. The smallest absolute Gasteiger partial charge is 0.358 e. The molecule has 1 heterocycles. The maximum absolute atomic E-state index is 12.4. The van der Waals surface area contributed by atoms with Crippen LogP contribution in [-0.4, -0.2) is 28.6 Å². The van der Waals surface area contributed by atoms with Crippen LogP contribution < -0.4 is 0 Å². The van der Waals surface area contributed by atoms with E-state index in [0.717, 1.165) is 18.5 Å². The van der Waals surface area contributed by atoms with E-state index in [1.807, 2.05) is 30.3 Å².